The van der Waals surface area contributed by atoms with E-state index in [4.69, 9.17) is 0 Å². The zero-order chi connectivity index (χ0) is 12.7. The topological polar surface area (TPSA) is 15.3 Å². The Hall–Kier alpha value is -0.0800. The number of hydrogen-bond acceptors (Lipinski definition) is 2. The molecule has 2 unspecified atom stereocenters. The monoisotopic (exact) mass is 240 g/mol. The van der Waals surface area contributed by atoms with Gasteiger partial charge in [-0.25, -0.2) is 0 Å². The predicted molar refractivity (Wildman–Crippen MR) is 76.4 cm³/mol. The van der Waals surface area contributed by atoms with Crippen LogP contribution in [0.25, 0.3) is 0 Å². The van der Waals surface area contributed by atoms with Gasteiger partial charge < -0.3 is 10.2 Å². The van der Waals surface area contributed by atoms with Gasteiger partial charge in [0.05, 0.1) is 0 Å². The molecule has 0 spiro atoms. The van der Waals surface area contributed by atoms with E-state index in [1.165, 1.54) is 45.2 Å². The first-order valence-electron chi connectivity index (χ1n) is 7.66. The molecule has 0 aliphatic heterocycles. The quantitative estimate of drug-likeness (QED) is 0.717. The molecule has 1 rings (SSSR count). The smallest absolute Gasteiger partial charge is 0.0107 e. The molecule has 1 fully saturated rings. The maximum absolute atomic E-state index is 3.72. The molecule has 0 amide bonds. The van der Waals surface area contributed by atoms with Crippen LogP contribution in [0.15, 0.2) is 0 Å². The van der Waals surface area contributed by atoms with Gasteiger partial charge in [-0.2, -0.15) is 0 Å². The molecule has 2 atom stereocenters. The zero-order valence-electron chi connectivity index (χ0n) is 12.3. The van der Waals surface area contributed by atoms with Crippen molar-refractivity contribution in [2.45, 2.75) is 71.9 Å². The molecule has 0 bridgehead atoms. The van der Waals surface area contributed by atoms with Crippen LogP contribution in [-0.4, -0.2) is 36.6 Å². The zero-order valence-corrected chi connectivity index (χ0v) is 12.3. The Kier molecular flexibility index (Phi) is 7.14. The van der Waals surface area contributed by atoms with Crippen molar-refractivity contribution in [1.82, 2.24) is 10.2 Å². The second kappa shape index (κ2) is 8.10. The van der Waals surface area contributed by atoms with Crippen LogP contribution in [0.2, 0.25) is 0 Å². The van der Waals surface area contributed by atoms with Crippen LogP contribution in [0, 0.1) is 5.92 Å². The highest BCUT2D eigenvalue weighted by Gasteiger charge is 2.25. The first-order valence-corrected chi connectivity index (χ1v) is 7.66. The number of nitrogens with one attached hydrogen (secondary N) is 1. The standard InChI is InChI=1S/C15H32N2/c1-5-16-15-11-9-7-8-10-14(15)12-17(6-2)13(3)4/h13-16H,5-12H2,1-4H3. The van der Waals surface area contributed by atoms with Crippen molar-refractivity contribution in [3.8, 4) is 0 Å². The largest absolute Gasteiger partial charge is 0.314 e. The summed E-state index contributed by atoms with van der Waals surface area (Å²) < 4.78 is 0. The van der Waals surface area contributed by atoms with Gasteiger partial charge >= 0.3 is 0 Å². The number of nitrogens with zero attached hydrogens (tertiary/aromatic N) is 1. The molecule has 17 heavy (non-hydrogen) atoms. The highest BCUT2D eigenvalue weighted by atomic mass is 15.1. The predicted octanol–water partition coefficient (Wildman–Crippen LogP) is 3.28. The number of hydrogen-bond donors (Lipinski definition) is 1. The minimum absolute atomic E-state index is 0.686. The summed E-state index contributed by atoms with van der Waals surface area (Å²) in [6.45, 7) is 12.8. The lowest BCUT2D eigenvalue weighted by atomic mass is 9.93. The van der Waals surface area contributed by atoms with Gasteiger partial charge in [0, 0.05) is 18.6 Å². The minimum atomic E-state index is 0.686. The highest BCUT2D eigenvalue weighted by Crippen LogP contribution is 2.25. The van der Waals surface area contributed by atoms with E-state index in [0.29, 0.717) is 6.04 Å². The molecule has 2 heteroatoms. The molecular weight excluding hydrogens is 208 g/mol. The fourth-order valence-corrected chi connectivity index (χ4v) is 3.14. The maximum atomic E-state index is 3.72. The van der Waals surface area contributed by atoms with Crippen LogP contribution in [0.5, 0.6) is 0 Å². The Morgan fingerprint density at radius 1 is 1.12 bits per heavy atom. The Morgan fingerprint density at radius 2 is 1.82 bits per heavy atom. The normalized spacial score (nSPS) is 26.5. The summed E-state index contributed by atoms with van der Waals surface area (Å²) in [6.07, 6.45) is 7.09. The van der Waals surface area contributed by atoms with Gasteiger partial charge in [-0.1, -0.05) is 33.1 Å². The van der Waals surface area contributed by atoms with E-state index in [1.54, 1.807) is 0 Å². The maximum Gasteiger partial charge on any atom is 0.0107 e. The first kappa shape index (κ1) is 15.0. The molecule has 0 aromatic heterocycles. The molecular formula is C15H32N2. The van der Waals surface area contributed by atoms with Crippen LogP contribution >= 0.6 is 0 Å². The van der Waals surface area contributed by atoms with Crippen LogP contribution in [0.1, 0.15) is 59.8 Å². The average molecular weight is 240 g/mol. The molecule has 1 N–H and O–H groups in total. The van der Waals surface area contributed by atoms with Crippen molar-refractivity contribution in [1.29, 1.82) is 0 Å². The summed E-state index contributed by atoms with van der Waals surface area (Å²) in [5, 5.41) is 3.72. The lowest BCUT2D eigenvalue weighted by Crippen LogP contribution is -2.43. The van der Waals surface area contributed by atoms with Crippen LogP contribution in [0.4, 0.5) is 0 Å². The van der Waals surface area contributed by atoms with E-state index in [9.17, 15) is 0 Å². The van der Waals surface area contributed by atoms with Gasteiger partial charge in [-0.15, -0.1) is 0 Å². The van der Waals surface area contributed by atoms with Crippen molar-refractivity contribution in [3.63, 3.8) is 0 Å². The average Bonchev–Trinajstić information content (AvgIpc) is 2.52. The summed E-state index contributed by atoms with van der Waals surface area (Å²) in [5.74, 6) is 0.861. The first-order chi connectivity index (χ1) is 8.19. The van der Waals surface area contributed by atoms with Crippen molar-refractivity contribution < 1.29 is 0 Å². The summed E-state index contributed by atoms with van der Waals surface area (Å²) in [4.78, 5) is 2.63. The highest BCUT2D eigenvalue weighted by molar-refractivity contribution is 4.82. The van der Waals surface area contributed by atoms with Gasteiger partial charge in [0.25, 0.3) is 0 Å². The van der Waals surface area contributed by atoms with Crippen molar-refractivity contribution in [2.24, 2.45) is 5.92 Å². The summed E-state index contributed by atoms with van der Waals surface area (Å²) in [5.41, 5.74) is 0. The van der Waals surface area contributed by atoms with E-state index in [0.717, 1.165) is 18.5 Å². The van der Waals surface area contributed by atoms with E-state index in [1.807, 2.05) is 0 Å². The summed E-state index contributed by atoms with van der Waals surface area (Å²) in [6, 6.07) is 1.45. The van der Waals surface area contributed by atoms with Gasteiger partial charge in [0.15, 0.2) is 0 Å². The third-order valence-electron chi connectivity index (χ3n) is 4.23. The van der Waals surface area contributed by atoms with E-state index < -0.39 is 0 Å². The third kappa shape index (κ3) is 4.97. The number of rotatable bonds is 6. The molecule has 0 saturated heterocycles. The molecule has 1 saturated carbocycles. The molecule has 0 aromatic rings. The third-order valence-corrected chi connectivity index (χ3v) is 4.23. The molecule has 0 radical (unpaired) electrons. The summed E-state index contributed by atoms with van der Waals surface area (Å²) in [7, 11) is 0. The lowest BCUT2D eigenvalue weighted by Gasteiger charge is -2.33. The second-order valence-electron chi connectivity index (χ2n) is 5.74. The minimum Gasteiger partial charge on any atom is -0.314 e. The van der Waals surface area contributed by atoms with Crippen LogP contribution < -0.4 is 5.32 Å². The van der Waals surface area contributed by atoms with Gasteiger partial charge in [-0.05, 0) is 45.7 Å². The molecule has 0 aromatic carbocycles. The fourth-order valence-electron chi connectivity index (χ4n) is 3.14. The molecule has 1 aliphatic carbocycles. The summed E-state index contributed by atoms with van der Waals surface area (Å²) >= 11 is 0. The second-order valence-corrected chi connectivity index (χ2v) is 5.74. The molecule has 2 nitrogen and oxygen atoms in total. The van der Waals surface area contributed by atoms with Crippen LogP contribution in [0.3, 0.4) is 0 Å². The van der Waals surface area contributed by atoms with Gasteiger partial charge in [-0.3, -0.25) is 0 Å². The van der Waals surface area contributed by atoms with Crippen molar-refractivity contribution >= 4 is 0 Å². The fraction of sp³-hybridized carbons (Fsp3) is 1.00. The van der Waals surface area contributed by atoms with E-state index >= 15 is 0 Å². The Balaban J connectivity index is 2.55. The van der Waals surface area contributed by atoms with E-state index in [2.05, 4.69) is 37.9 Å². The van der Waals surface area contributed by atoms with Gasteiger partial charge in [0.1, 0.15) is 0 Å². The van der Waals surface area contributed by atoms with Crippen molar-refractivity contribution in [2.75, 3.05) is 19.6 Å². The SMILES string of the molecule is CCNC1CCCCCC1CN(CC)C(C)C. The molecule has 1 aliphatic rings. The van der Waals surface area contributed by atoms with Gasteiger partial charge in [0.2, 0.25) is 0 Å². The lowest BCUT2D eigenvalue weighted by molar-refractivity contribution is 0.168. The molecule has 102 valence electrons. The Bertz CT molecular complexity index is 191. The Morgan fingerprint density at radius 3 is 2.41 bits per heavy atom. The van der Waals surface area contributed by atoms with E-state index in [-0.39, 0.29) is 0 Å². The Labute approximate surface area is 108 Å². The van der Waals surface area contributed by atoms with Crippen molar-refractivity contribution in [3.05, 3.63) is 0 Å². The van der Waals surface area contributed by atoms with Crippen LogP contribution in [-0.2, 0) is 0 Å². The molecule has 0 heterocycles.